The number of likely N-dealkylation sites (N-methyl/N-ethyl adjacent to an activating group) is 2. The van der Waals surface area contributed by atoms with Crippen LogP contribution in [0.15, 0.2) is 54.9 Å². The van der Waals surface area contributed by atoms with Gasteiger partial charge >= 0.3 is 0 Å². The van der Waals surface area contributed by atoms with E-state index in [2.05, 4.69) is 64.8 Å². The van der Waals surface area contributed by atoms with Gasteiger partial charge < -0.3 is 30.1 Å². The molecule has 2 atom stereocenters. The average molecular weight is 535 g/mol. The van der Waals surface area contributed by atoms with Gasteiger partial charge in [0.2, 0.25) is 11.8 Å². The summed E-state index contributed by atoms with van der Waals surface area (Å²) in [5.74, 6) is 1.21. The van der Waals surface area contributed by atoms with Gasteiger partial charge in [-0.3, -0.25) is 14.6 Å². The molecule has 2 aliphatic heterocycles. The van der Waals surface area contributed by atoms with Crippen LogP contribution < -0.4 is 20.3 Å². The smallest absolute Gasteiger partial charge is 0.236 e. The first kappa shape index (κ1) is 28.6. The fourth-order valence-electron chi connectivity index (χ4n) is 5.09. The van der Waals surface area contributed by atoms with Crippen molar-refractivity contribution in [1.82, 2.24) is 25.4 Å². The van der Waals surface area contributed by atoms with Crippen LogP contribution in [-0.2, 0) is 22.7 Å². The maximum Gasteiger partial charge on any atom is 0.236 e. The summed E-state index contributed by atoms with van der Waals surface area (Å²) in [6, 6.07) is 10.1. The fourth-order valence-corrected chi connectivity index (χ4v) is 5.09. The lowest BCUT2D eigenvalue weighted by atomic mass is 9.82. The second-order valence-corrected chi connectivity index (χ2v) is 10.8. The Hall–Kier alpha value is -3.43. The van der Waals surface area contributed by atoms with Crippen molar-refractivity contribution in [2.45, 2.75) is 25.9 Å². The van der Waals surface area contributed by atoms with Gasteiger partial charge in [0, 0.05) is 76.4 Å². The van der Waals surface area contributed by atoms with Crippen molar-refractivity contribution in [3.05, 3.63) is 66.0 Å². The van der Waals surface area contributed by atoms with Crippen LogP contribution in [-0.4, -0.2) is 87.1 Å². The van der Waals surface area contributed by atoms with Crippen LogP contribution >= 0.6 is 0 Å². The Kier molecular flexibility index (Phi) is 10.3. The summed E-state index contributed by atoms with van der Waals surface area (Å²) < 4.78 is 6.17. The van der Waals surface area contributed by atoms with Crippen LogP contribution in [0.25, 0.3) is 0 Å². The minimum absolute atomic E-state index is 0.0261. The van der Waals surface area contributed by atoms with Gasteiger partial charge in [-0.1, -0.05) is 18.2 Å². The number of hydrogen-bond donors (Lipinski definition) is 2. The van der Waals surface area contributed by atoms with E-state index < -0.39 is 0 Å². The SMILES string of the molecule is CN(C)CCN(C)c1ccc2c(c1)CNCC(=O)N1CC[C@@H](CC(=O)NCc3cccnc3)[C@@H](/C=C\CO2)C1. The number of amides is 2. The number of nitrogens with zero attached hydrogens (tertiary/aromatic N) is 4. The molecule has 9 heteroatoms. The van der Waals surface area contributed by atoms with Crippen LogP contribution in [0, 0.1) is 11.8 Å². The number of benzene rings is 1. The van der Waals surface area contributed by atoms with E-state index in [0.717, 1.165) is 42.1 Å². The molecular formula is C30H42N6O3. The molecule has 2 bridgehead atoms. The van der Waals surface area contributed by atoms with Crippen LogP contribution in [0.3, 0.4) is 0 Å². The molecule has 1 saturated heterocycles. The Balaban J connectivity index is 1.41. The van der Waals surface area contributed by atoms with Gasteiger partial charge in [0.25, 0.3) is 0 Å². The van der Waals surface area contributed by atoms with Gasteiger partial charge in [-0.2, -0.15) is 0 Å². The van der Waals surface area contributed by atoms with E-state index in [1.54, 1.807) is 12.4 Å². The summed E-state index contributed by atoms with van der Waals surface area (Å²) in [5, 5.41) is 6.36. The highest BCUT2D eigenvalue weighted by Gasteiger charge is 2.31. The lowest BCUT2D eigenvalue weighted by molar-refractivity contribution is -0.132. The summed E-state index contributed by atoms with van der Waals surface area (Å²) in [6.07, 6.45) is 8.88. The van der Waals surface area contributed by atoms with Gasteiger partial charge in [0.15, 0.2) is 0 Å². The standard InChI is InChI=1S/C30H42N6O3/c1-34(2)13-14-35(3)27-8-9-28-26(16-27)20-32-21-30(38)36-12-10-24(25(22-36)7-5-15-39-28)17-29(37)33-19-23-6-4-11-31-18-23/h4-9,11,16,18,24-25,32H,10,12-15,17,19-22H2,1-3H3,(H,33,37)/b7-5-/t24-,25-/m0/s1. The molecule has 39 heavy (non-hydrogen) atoms. The second-order valence-electron chi connectivity index (χ2n) is 10.8. The van der Waals surface area contributed by atoms with Gasteiger partial charge in [0.1, 0.15) is 12.4 Å². The van der Waals surface area contributed by atoms with E-state index in [0.29, 0.717) is 39.2 Å². The third-order valence-electron chi connectivity index (χ3n) is 7.50. The number of fused-ring (bicyclic) bond motifs is 3. The molecule has 0 spiro atoms. The zero-order valence-electron chi connectivity index (χ0n) is 23.4. The van der Waals surface area contributed by atoms with Crippen molar-refractivity contribution in [2.75, 3.05) is 65.4 Å². The topological polar surface area (TPSA) is 90.0 Å². The van der Waals surface area contributed by atoms with Gasteiger partial charge in [-0.15, -0.1) is 0 Å². The molecular weight excluding hydrogens is 492 g/mol. The molecule has 4 rings (SSSR count). The number of anilines is 1. The third-order valence-corrected chi connectivity index (χ3v) is 7.50. The maximum atomic E-state index is 13.1. The fraction of sp³-hybridized carbons (Fsp3) is 0.500. The molecule has 0 aliphatic carbocycles. The number of carbonyl (C=O) groups excluding carboxylic acids is 2. The molecule has 1 aromatic carbocycles. The Bertz CT molecular complexity index is 1120. The first-order chi connectivity index (χ1) is 18.9. The van der Waals surface area contributed by atoms with Crippen molar-refractivity contribution in [2.24, 2.45) is 11.8 Å². The van der Waals surface area contributed by atoms with Crippen LogP contribution in [0.1, 0.15) is 24.0 Å². The number of pyridine rings is 1. The Morgan fingerprint density at radius 3 is 2.87 bits per heavy atom. The quantitative estimate of drug-likeness (QED) is 0.503. The number of carbonyl (C=O) groups is 2. The minimum Gasteiger partial charge on any atom is -0.489 e. The number of nitrogens with one attached hydrogen (secondary N) is 2. The number of hydrogen-bond acceptors (Lipinski definition) is 7. The van der Waals surface area contributed by atoms with Crippen molar-refractivity contribution < 1.29 is 14.3 Å². The highest BCUT2D eigenvalue weighted by atomic mass is 16.5. The Labute approximate surface area is 232 Å². The molecule has 1 aromatic heterocycles. The van der Waals surface area contributed by atoms with E-state index in [4.69, 9.17) is 4.74 Å². The predicted molar refractivity (Wildman–Crippen MR) is 153 cm³/mol. The van der Waals surface area contributed by atoms with Crippen LogP contribution in [0.4, 0.5) is 5.69 Å². The second kappa shape index (κ2) is 14.1. The number of ether oxygens (including phenoxy) is 1. The largest absolute Gasteiger partial charge is 0.489 e. The van der Waals surface area contributed by atoms with E-state index in [1.165, 1.54) is 0 Å². The van der Waals surface area contributed by atoms with Crippen molar-refractivity contribution in [3.8, 4) is 5.75 Å². The third kappa shape index (κ3) is 8.53. The summed E-state index contributed by atoms with van der Waals surface area (Å²) in [4.78, 5) is 36.2. The number of piperidine rings is 1. The molecule has 2 aromatic rings. The lowest BCUT2D eigenvalue weighted by Crippen LogP contribution is -2.47. The molecule has 3 heterocycles. The van der Waals surface area contributed by atoms with E-state index in [9.17, 15) is 9.59 Å². The summed E-state index contributed by atoms with van der Waals surface area (Å²) in [5.41, 5.74) is 3.13. The normalized spacial score (nSPS) is 20.6. The van der Waals surface area contributed by atoms with Gasteiger partial charge in [-0.05, 0) is 62.2 Å². The zero-order chi connectivity index (χ0) is 27.6. The summed E-state index contributed by atoms with van der Waals surface area (Å²) in [6.45, 7) is 4.89. The highest BCUT2D eigenvalue weighted by molar-refractivity contribution is 5.79. The highest BCUT2D eigenvalue weighted by Crippen LogP contribution is 2.29. The number of aromatic nitrogens is 1. The van der Waals surface area contributed by atoms with Crippen LogP contribution in [0.5, 0.6) is 5.75 Å². The lowest BCUT2D eigenvalue weighted by Gasteiger charge is -2.37. The molecule has 2 N–H and O–H groups in total. The average Bonchev–Trinajstić information content (AvgIpc) is 2.95. The molecule has 2 aliphatic rings. The van der Waals surface area contributed by atoms with Crippen molar-refractivity contribution >= 4 is 17.5 Å². The first-order valence-corrected chi connectivity index (χ1v) is 13.8. The Morgan fingerprint density at radius 1 is 1.21 bits per heavy atom. The van der Waals surface area contributed by atoms with Crippen LogP contribution in [0.2, 0.25) is 0 Å². The van der Waals surface area contributed by atoms with Gasteiger partial charge in [-0.25, -0.2) is 0 Å². The van der Waals surface area contributed by atoms with Crippen molar-refractivity contribution in [1.29, 1.82) is 0 Å². The summed E-state index contributed by atoms with van der Waals surface area (Å²) >= 11 is 0. The number of rotatable bonds is 8. The predicted octanol–water partition coefficient (Wildman–Crippen LogP) is 2.29. The molecule has 210 valence electrons. The molecule has 0 unspecified atom stereocenters. The monoisotopic (exact) mass is 534 g/mol. The molecule has 0 saturated carbocycles. The molecule has 1 fully saturated rings. The minimum atomic E-state index is 0.0261. The Morgan fingerprint density at radius 2 is 2.08 bits per heavy atom. The summed E-state index contributed by atoms with van der Waals surface area (Å²) in [7, 11) is 6.24. The molecule has 0 radical (unpaired) electrons. The van der Waals surface area contributed by atoms with E-state index in [-0.39, 0.29) is 30.2 Å². The van der Waals surface area contributed by atoms with E-state index in [1.807, 2.05) is 29.2 Å². The van der Waals surface area contributed by atoms with Crippen molar-refractivity contribution in [3.63, 3.8) is 0 Å². The van der Waals surface area contributed by atoms with Gasteiger partial charge in [0.05, 0.1) is 6.54 Å². The van der Waals surface area contributed by atoms with E-state index >= 15 is 0 Å². The first-order valence-electron chi connectivity index (χ1n) is 13.8. The molecule has 2 amide bonds. The zero-order valence-corrected chi connectivity index (χ0v) is 23.4. The maximum absolute atomic E-state index is 13.1. The molecule has 9 nitrogen and oxygen atoms in total.